The van der Waals surface area contributed by atoms with Crippen LogP contribution in [0, 0.1) is 23.2 Å². The number of aliphatic hydroxyl groups is 1. The number of fused-ring (bicyclic) bond motifs is 2. The maximum atomic E-state index is 9.70. The Hall–Kier alpha value is -0.0800. The zero-order valence-electron chi connectivity index (χ0n) is 11.7. The predicted octanol–water partition coefficient (Wildman–Crippen LogP) is 2.96. The van der Waals surface area contributed by atoms with Crippen LogP contribution in [0.3, 0.4) is 0 Å². The number of hydrogen-bond donors (Lipinski definition) is 2. The van der Waals surface area contributed by atoms with Crippen molar-refractivity contribution in [2.24, 2.45) is 23.2 Å². The molecule has 104 valence electrons. The van der Waals surface area contributed by atoms with Crippen molar-refractivity contribution in [1.82, 2.24) is 5.32 Å². The van der Waals surface area contributed by atoms with Gasteiger partial charge in [-0.05, 0) is 56.4 Å². The van der Waals surface area contributed by atoms with Crippen molar-refractivity contribution in [2.45, 2.75) is 57.8 Å². The van der Waals surface area contributed by atoms with Crippen molar-refractivity contribution in [3.05, 3.63) is 0 Å². The van der Waals surface area contributed by atoms with Crippen LogP contribution in [0.25, 0.3) is 0 Å². The molecule has 2 bridgehead atoms. The molecule has 0 aromatic rings. The molecule has 0 amide bonds. The summed E-state index contributed by atoms with van der Waals surface area (Å²) in [6.07, 6.45) is 12.4. The minimum absolute atomic E-state index is 0.218. The van der Waals surface area contributed by atoms with Gasteiger partial charge in [-0.1, -0.05) is 25.7 Å². The van der Waals surface area contributed by atoms with Crippen LogP contribution in [0.4, 0.5) is 0 Å². The minimum atomic E-state index is 0.218. The third-order valence-corrected chi connectivity index (χ3v) is 6.04. The Labute approximate surface area is 112 Å². The third-order valence-electron chi connectivity index (χ3n) is 6.04. The summed E-state index contributed by atoms with van der Waals surface area (Å²) in [7, 11) is 0. The molecule has 2 heteroatoms. The summed E-state index contributed by atoms with van der Waals surface area (Å²) in [6, 6.07) is 0. The number of rotatable bonds is 5. The van der Waals surface area contributed by atoms with Crippen molar-refractivity contribution in [3.63, 3.8) is 0 Å². The van der Waals surface area contributed by atoms with Crippen LogP contribution in [0.5, 0.6) is 0 Å². The summed E-state index contributed by atoms with van der Waals surface area (Å²) in [5, 5.41) is 13.4. The fourth-order valence-electron chi connectivity index (χ4n) is 4.84. The van der Waals surface area contributed by atoms with Gasteiger partial charge < -0.3 is 10.4 Å². The van der Waals surface area contributed by atoms with Crippen LogP contribution >= 0.6 is 0 Å². The molecule has 0 aromatic heterocycles. The monoisotopic (exact) mass is 251 g/mol. The molecule has 0 radical (unpaired) electrons. The quantitative estimate of drug-likeness (QED) is 0.787. The average molecular weight is 251 g/mol. The fraction of sp³-hybridized carbons (Fsp3) is 1.00. The van der Waals surface area contributed by atoms with E-state index in [0.29, 0.717) is 6.61 Å². The first-order valence-corrected chi connectivity index (χ1v) is 8.13. The van der Waals surface area contributed by atoms with Gasteiger partial charge in [0.2, 0.25) is 0 Å². The van der Waals surface area contributed by atoms with Crippen molar-refractivity contribution < 1.29 is 5.11 Å². The van der Waals surface area contributed by atoms with Crippen LogP contribution in [0.2, 0.25) is 0 Å². The molecule has 3 fully saturated rings. The summed E-state index contributed by atoms with van der Waals surface area (Å²) in [5.74, 6) is 3.03. The van der Waals surface area contributed by atoms with E-state index in [1.165, 1.54) is 64.3 Å². The Balaban J connectivity index is 1.43. The molecular weight excluding hydrogens is 222 g/mol. The van der Waals surface area contributed by atoms with Gasteiger partial charge in [-0.25, -0.2) is 0 Å². The lowest BCUT2D eigenvalue weighted by Crippen LogP contribution is -2.41. The van der Waals surface area contributed by atoms with Gasteiger partial charge in [0.15, 0.2) is 0 Å². The normalized spacial score (nSPS) is 38.2. The minimum Gasteiger partial charge on any atom is -0.396 e. The van der Waals surface area contributed by atoms with Crippen LogP contribution in [0.15, 0.2) is 0 Å². The second-order valence-electron chi connectivity index (χ2n) is 7.28. The fourth-order valence-corrected chi connectivity index (χ4v) is 4.84. The Bertz CT molecular complexity index is 272. The maximum Gasteiger partial charge on any atom is 0.0499 e. The van der Waals surface area contributed by atoms with E-state index in [9.17, 15) is 5.11 Å². The first-order chi connectivity index (χ1) is 8.81. The Morgan fingerprint density at radius 2 is 1.89 bits per heavy atom. The summed E-state index contributed by atoms with van der Waals surface area (Å²) in [6.45, 7) is 2.65. The lowest BCUT2D eigenvalue weighted by molar-refractivity contribution is 0.0794. The van der Waals surface area contributed by atoms with E-state index in [2.05, 4.69) is 5.32 Å². The second kappa shape index (κ2) is 5.50. The molecule has 18 heavy (non-hydrogen) atoms. The Morgan fingerprint density at radius 3 is 2.50 bits per heavy atom. The molecule has 3 atom stereocenters. The summed E-state index contributed by atoms with van der Waals surface area (Å²) in [5.41, 5.74) is 0.218. The summed E-state index contributed by atoms with van der Waals surface area (Å²) >= 11 is 0. The van der Waals surface area contributed by atoms with Gasteiger partial charge in [-0.15, -0.1) is 0 Å². The molecule has 2 N–H and O–H groups in total. The molecule has 3 aliphatic carbocycles. The lowest BCUT2D eigenvalue weighted by atomic mass is 9.74. The number of hydrogen-bond acceptors (Lipinski definition) is 2. The van der Waals surface area contributed by atoms with Crippen LogP contribution in [0.1, 0.15) is 57.8 Å². The van der Waals surface area contributed by atoms with E-state index >= 15 is 0 Å². The van der Waals surface area contributed by atoms with Gasteiger partial charge in [-0.2, -0.15) is 0 Å². The van der Waals surface area contributed by atoms with Crippen molar-refractivity contribution >= 4 is 0 Å². The third kappa shape index (κ3) is 2.60. The van der Waals surface area contributed by atoms with Crippen molar-refractivity contribution in [2.75, 3.05) is 19.7 Å². The molecule has 0 aromatic carbocycles. The van der Waals surface area contributed by atoms with Gasteiger partial charge in [0.05, 0.1) is 0 Å². The molecule has 3 saturated carbocycles. The molecular formula is C16H29NO. The smallest absolute Gasteiger partial charge is 0.0499 e. The van der Waals surface area contributed by atoms with Crippen LogP contribution in [-0.2, 0) is 0 Å². The zero-order chi connectivity index (χ0) is 12.4. The molecule has 3 aliphatic rings. The predicted molar refractivity (Wildman–Crippen MR) is 74.4 cm³/mol. The summed E-state index contributed by atoms with van der Waals surface area (Å²) in [4.78, 5) is 0. The number of aliphatic hydroxyl groups excluding tert-OH is 1. The molecule has 0 spiro atoms. The zero-order valence-corrected chi connectivity index (χ0v) is 11.7. The van der Waals surface area contributed by atoms with Gasteiger partial charge >= 0.3 is 0 Å². The van der Waals surface area contributed by atoms with E-state index in [4.69, 9.17) is 0 Å². The molecule has 0 heterocycles. The highest BCUT2D eigenvalue weighted by molar-refractivity contribution is 4.91. The van der Waals surface area contributed by atoms with E-state index < -0.39 is 0 Å². The SMILES string of the molecule is OCC1(CNCC2CC3CCC2C3)CCCCC1. The van der Waals surface area contributed by atoms with Gasteiger partial charge in [0, 0.05) is 18.6 Å². The van der Waals surface area contributed by atoms with E-state index in [-0.39, 0.29) is 5.41 Å². The first kappa shape index (κ1) is 12.9. The molecule has 3 unspecified atom stereocenters. The lowest BCUT2D eigenvalue weighted by Gasteiger charge is -2.36. The van der Waals surface area contributed by atoms with Crippen molar-refractivity contribution in [3.8, 4) is 0 Å². The highest BCUT2D eigenvalue weighted by Gasteiger charge is 2.39. The highest BCUT2D eigenvalue weighted by atomic mass is 16.3. The first-order valence-electron chi connectivity index (χ1n) is 8.13. The van der Waals surface area contributed by atoms with Gasteiger partial charge in [0.1, 0.15) is 0 Å². The Morgan fingerprint density at radius 1 is 1.06 bits per heavy atom. The second-order valence-corrected chi connectivity index (χ2v) is 7.28. The molecule has 2 nitrogen and oxygen atoms in total. The average Bonchev–Trinajstić information content (AvgIpc) is 3.02. The van der Waals surface area contributed by atoms with Gasteiger partial charge in [-0.3, -0.25) is 0 Å². The van der Waals surface area contributed by atoms with Crippen LogP contribution in [-0.4, -0.2) is 24.8 Å². The number of nitrogens with one attached hydrogen (secondary N) is 1. The highest BCUT2D eigenvalue weighted by Crippen LogP contribution is 2.48. The maximum absolute atomic E-state index is 9.70. The van der Waals surface area contributed by atoms with E-state index in [0.717, 1.165) is 24.3 Å². The molecule has 3 rings (SSSR count). The summed E-state index contributed by atoms with van der Waals surface area (Å²) < 4.78 is 0. The van der Waals surface area contributed by atoms with Crippen molar-refractivity contribution in [1.29, 1.82) is 0 Å². The molecule has 0 saturated heterocycles. The molecule has 0 aliphatic heterocycles. The topological polar surface area (TPSA) is 32.3 Å². The standard InChI is InChI=1S/C16H29NO/c18-12-16(6-2-1-3-7-16)11-17-10-15-9-13-4-5-14(15)8-13/h13-15,17-18H,1-12H2. The van der Waals surface area contributed by atoms with Crippen LogP contribution < -0.4 is 5.32 Å². The largest absolute Gasteiger partial charge is 0.396 e. The van der Waals surface area contributed by atoms with E-state index in [1.54, 1.807) is 0 Å². The Kier molecular flexibility index (Phi) is 3.95. The van der Waals surface area contributed by atoms with E-state index in [1.807, 2.05) is 0 Å². The van der Waals surface area contributed by atoms with Gasteiger partial charge in [0.25, 0.3) is 0 Å².